The maximum Gasteiger partial charge on any atom is 0.245 e. The Balaban J connectivity index is 3.65. The fourth-order valence-corrected chi connectivity index (χ4v) is 7.37. The number of amides is 7. The van der Waals surface area contributed by atoms with Crippen LogP contribution in [0.4, 0.5) is 4.39 Å². The van der Waals surface area contributed by atoms with E-state index in [9.17, 15) is 47.9 Å². The molecule has 16 nitrogen and oxygen atoms in total. The summed E-state index contributed by atoms with van der Waals surface area (Å²) >= 11 is 0. The molecule has 3 N–H and O–H groups in total. The van der Waals surface area contributed by atoms with Gasteiger partial charge in [0.2, 0.25) is 41.4 Å². The van der Waals surface area contributed by atoms with E-state index in [0.29, 0.717) is 25.8 Å². The third kappa shape index (κ3) is 18.7. The molecule has 0 saturated carbocycles. The molecule has 1 rings (SSSR count). The molecule has 1 aliphatic rings. The summed E-state index contributed by atoms with van der Waals surface area (Å²) in [5.41, 5.74) is 0.206. The predicted octanol–water partition coefficient (Wildman–Crippen LogP) is 4.31. The molecule has 0 spiro atoms. The third-order valence-electron chi connectivity index (χ3n) is 11.0. The molecule has 63 heavy (non-hydrogen) atoms. The van der Waals surface area contributed by atoms with Crippen LogP contribution in [0.2, 0.25) is 0 Å². The van der Waals surface area contributed by atoms with Gasteiger partial charge in [-0.1, -0.05) is 66.7 Å². The van der Waals surface area contributed by atoms with E-state index in [2.05, 4.69) is 17.2 Å². The number of likely N-dealkylation sites (N-methyl/N-ethyl adjacent to an activating group) is 4. The maximum absolute atomic E-state index is 14.7. The summed E-state index contributed by atoms with van der Waals surface area (Å²) in [6, 6.07) is -5.81. The Morgan fingerprint density at radius 3 is 1.70 bits per heavy atom. The summed E-state index contributed by atoms with van der Waals surface area (Å²) in [7, 11) is 5.82. The summed E-state index contributed by atoms with van der Waals surface area (Å²) in [4.78, 5) is 115. The highest BCUT2D eigenvalue weighted by Crippen LogP contribution is 2.22. The van der Waals surface area contributed by atoms with E-state index in [1.54, 1.807) is 4.90 Å². The molecule has 1 saturated heterocycles. The summed E-state index contributed by atoms with van der Waals surface area (Å²) in [6.45, 7) is 17.7. The quantitative estimate of drug-likeness (QED) is 0.0644. The van der Waals surface area contributed by atoms with Crippen molar-refractivity contribution in [2.24, 2.45) is 17.8 Å². The molecule has 1 heterocycles. The fourth-order valence-electron chi connectivity index (χ4n) is 7.37. The number of aldehydes is 1. The van der Waals surface area contributed by atoms with Gasteiger partial charge in [0.15, 0.2) is 0 Å². The van der Waals surface area contributed by atoms with E-state index >= 15 is 0 Å². The van der Waals surface area contributed by atoms with Crippen molar-refractivity contribution in [1.82, 2.24) is 35.1 Å². The van der Waals surface area contributed by atoms with Crippen LogP contribution in [0.15, 0.2) is 36.4 Å². The molecule has 17 heteroatoms. The number of nitrogens with one attached hydrogen (secondary N) is 2. The number of nitrogens with zero attached hydrogens (tertiary/aromatic N) is 5. The largest absolute Gasteiger partial charge is 0.506 e. The first-order valence-corrected chi connectivity index (χ1v) is 22.2. The Labute approximate surface area is 374 Å². The first-order chi connectivity index (χ1) is 29.5. The van der Waals surface area contributed by atoms with E-state index in [-0.39, 0.29) is 86.5 Å². The van der Waals surface area contributed by atoms with Crippen molar-refractivity contribution in [3.05, 3.63) is 36.4 Å². The zero-order valence-corrected chi connectivity index (χ0v) is 39.7. The van der Waals surface area contributed by atoms with Gasteiger partial charge < -0.3 is 45.0 Å². The Morgan fingerprint density at radius 1 is 0.714 bits per heavy atom. The number of aliphatic hydroxyl groups is 1. The van der Waals surface area contributed by atoms with Crippen molar-refractivity contribution in [2.75, 3.05) is 47.8 Å². The molecule has 0 aromatic heterocycles. The molecule has 1 unspecified atom stereocenters. The molecule has 5 atom stereocenters. The van der Waals surface area contributed by atoms with E-state index in [0.717, 1.165) is 25.3 Å². The molecular formula is C46H76FN7O9. The third-order valence-corrected chi connectivity index (χ3v) is 11.0. The highest BCUT2D eigenvalue weighted by Gasteiger charge is 2.40. The number of halogens is 1. The van der Waals surface area contributed by atoms with E-state index in [4.69, 9.17) is 0 Å². The lowest BCUT2D eigenvalue weighted by atomic mass is 9.96. The number of rotatable bonds is 26. The van der Waals surface area contributed by atoms with Crippen LogP contribution >= 0.6 is 0 Å². The first-order valence-electron chi connectivity index (χ1n) is 22.2. The number of carbonyl (C=O) groups excluding carboxylic acids is 8. The van der Waals surface area contributed by atoms with E-state index < -0.39 is 65.5 Å². The molecule has 0 radical (unpaired) electrons. The van der Waals surface area contributed by atoms with Crippen LogP contribution in [0.3, 0.4) is 0 Å². The van der Waals surface area contributed by atoms with Crippen LogP contribution in [0.25, 0.3) is 0 Å². The number of carbonyl (C=O) groups is 8. The van der Waals surface area contributed by atoms with Gasteiger partial charge in [0.25, 0.3) is 0 Å². The number of likely N-dealkylation sites (tertiary alicyclic amines) is 1. The van der Waals surface area contributed by atoms with Crippen LogP contribution in [-0.2, 0) is 38.4 Å². The molecule has 1 fully saturated rings. The van der Waals surface area contributed by atoms with Gasteiger partial charge in [0.05, 0.1) is 6.54 Å². The predicted molar refractivity (Wildman–Crippen MR) is 240 cm³/mol. The van der Waals surface area contributed by atoms with Crippen LogP contribution in [-0.4, -0.2) is 155 Å². The van der Waals surface area contributed by atoms with Crippen molar-refractivity contribution < 1.29 is 47.9 Å². The summed E-state index contributed by atoms with van der Waals surface area (Å²) < 4.78 is 13.0. The molecule has 7 amide bonds. The van der Waals surface area contributed by atoms with Crippen LogP contribution in [0, 0.1) is 17.8 Å². The van der Waals surface area contributed by atoms with Crippen LogP contribution in [0.5, 0.6) is 0 Å². The van der Waals surface area contributed by atoms with Crippen molar-refractivity contribution in [3.8, 4) is 0 Å². The fraction of sp³-hybridized carbons (Fsp3) is 0.696. The monoisotopic (exact) mass is 890 g/mol. The van der Waals surface area contributed by atoms with Crippen LogP contribution in [0.1, 0.15) is 113 Å². The summed E-state index contributed by atoms with van der Waals surface area (Å²) in [5, 5.41) is 15.2. The molecule has 0 aliphatic carbocycles. The van der Waals surface area contributed by atoms with Gasteiger partial charge >= 0.3 is 0 Å². The van der Waals surface area contributed by atoms with Gasteiger partial charge in [0.1, 0.15) is 48.6 Å². The second-order valence-corrected chi connectivity index (χ2v) is 18.0. The van der Waals surface area contributed by atoms with Crippen molar-refractivity contribution >= 4 is 47.6 Å². The maximum atomic E-state index is 14.7. The molecule has 1 aliphatic heterocycles. The topological polar surface area (TPSA) is 197 Å². The lowest BCUT2D eigenvalue weighted by Gasteiger charge is -2.38. The van der Waals surface area contributed by atoms with E-state index in [1.807, 2.05) is 48.5 Å². The van der Waals surface area contributed by atoms with Gasteiger partial charge in [-0.15, -0.1) is 0 Å². The minimum atomic E-state index is -1.38. The first kappa shape index (κ1) is 55.9. The van der Waals surface area contributed by atoms with Gasteiger partial charge in [-0.05, 0) is 68.8 Å². The number of allylic oxidation sites excluding steroid dienone is 2. The average molecular weight is 890 g/mol. The molecule has 0 bridgehead atoms. The summed E-state index contributed by atoms with van der Waals surface area (Å²) in [5.74, 6) is -4.71. The number of aliphatic hydroxyl groups excluding tert-OH is 1. The molecule has 0 aromatic rings. The van der Waals surface area contributed by atoms with Crippen LogP contribution < -0.4 is 10.6 Å². The minimum absolute atomic E-state index is 0.0287. The second kappa shape index (κ2) is 27.9. The van der Waals surface area contributed by atoms with Crippen molar-refractivity contribution in [3.63, 3.8) is 0 Å². The highest BCUT2D eigenvalue weighted by molar-refractivity contribution is 5.97. The normalized spacial score (nSPS) is 15.6. The van der Waals surface area contributed by atoms with Gasteiger partial charge in [-0.3, -0.25) is 33.6 Å². The number of hydrogen-bond donors (Lipinski definition) is 3. The standard InChI is InChI=1S/C46H76FN7O9/c1-13-17-40(57)50(9)29-41(58)51(10)37(24-30(2)3)42(59)49-36(27-33(8)18-19-34(56)28-47)44(61)53(12)39(26-32(6)7)46(63)52(11)38(25-31(4)5)43(60)48-35(20-23-55)45(62)54-21-15-14-16-22-54/h18-19,23,28,30-32,35-39,56H,8,13-17,20-22,24-27,29H2,1-7,9-12H3,(H,48,60)(H,49,59)/b19-18-,34-28-/t35?,36-,37-,38-,39-/m0/s1. The minimum Gasteiger partial charge on any atom is -0.506 e. The Morgan fingerprint density at radius 2 is 1.21 bits per heavy atom. The zero-order chi connectivity index (χ0) is 48.1. The molecular weight excluding hydrogens is 814 g/mol. The number of piperidine rings is 1. The number of hydrogen-bond acceptors (Lipinski definition) is 9. The smallest absolute Gasteiger partial charge is 0.245 e. The second-order valence-electron chi connectivity index (χ2n) is 18.0. The molecule has 356 valence electrons. The van der Waals surface area contributed by atoms with Crippen molar-refractivity contribution in [1.29, 1.82) is 0 Å². The van der Waals surface area contributed by atoms with Gasteiger partial charge in [0, 0.05) is 60.5 Å². The Hall–Kier alpha value is -5.09. The Bertz CT molecular complexity index is 1640. The lowest BCUT2D eigenvalue weighted by Crippen LogP contribution is -2.60. The Kier molecular flexibility index (Phi) is 24.7. The van der Waals surface area contributed by atoms with Gasteiger partial charge in [-0.2, -0.15) is 0 Å². The summed E-state index contributed by atoms with van der Waals surface area (Å²) in [6.07, 6.45) is 6.36. The van der Waals surface area contributed by atoms with Gasteiger partial charge in [-0.25, -0.2) is 4.39 Å². The zero-order valence-electron chi connectivity index (χ0n) is 39.7. The molecule has 0 aromatic carbocycles. The highest BCUT2D eigenvalue weighted by atomic mass is 19.1. The lowest BCUT2D eigenvalue weighted by molar-refractivity contribution is -0.150. The SMILES string of the molecule is C=C(/C=C\C(O)=C\F)C[C@H](NC(=O)[C@H](CC(C)C)N(C)C(=O)CN(C)C(=O)CCC)C(=O)N(C)[C@@H](CC(C)C)C(=O)N(C)[C@@H](CC(C)C)C(=O)NC(CC=O)C(=O)N1CCCCC1. The van der Waals surface area contributed by atoms with E-state index in [1.165, 1.54) is 53.9 Å². The van der Waals surface area contributed by atoms with Crippen molar-refractivity contribution in [2.45, 2.75) is 143 Å². The average Bonchev–Trinajstić information content (AvgIpc) is 3.23.